The Morgan fingerprint density at radius 2 is 1.80 bits per heavy atom. The number of halogens is 1. The molecule has 2 rings (SSSR count). The van der Waals surface area contributed by atoms with Crippen molar-refractivity contribution in [3.05, 3.63) is 40.8 Å². The SMILES string of the molecule is CCCc1nc(Cl)c(C)c(-c2ccc(OCC)cc2)n1. The van der Waals surface area contributed by atoms with Crippen LogP contribution in [0.25, 0.3) is 11.3 Å². The maximum Gasteiger partial charge on any atom is 0.136 e. The van der Waals surface area contributed by atoms with Crippen molar-refractivity contribution in [1.82, 2.24) is 9.97 Å². The zero-order valence-electron chi connectivity index (χ0n) is 12.1. The highest BCUT2D eigenvalue weighted by Crippen LogP contribution is 2.27. The molecule has 2 aromatic rings. The van der Waals surface area contributed by atoms with E-state index in [-0.39, 0.29) is 0 Å². The summed E-state index contributed by atoms with van der Waals surface area (Å²) in [6.45, 7) is 6.69. The summed E-state index contributed by atoms with van der Waals surface area (Å²) in [7, 11) is 0. The lowest BCUT2D eigenvalue weighted by Gasteiger charge is -2.10. The molecule has 0 aliphatic rings. The standard InChI is InChI=1S/C16H19ClN2O/c1-4-6-14-18-15(11(3)16(17)19-14)12-7-9-13(10-8-12)20-5-2/h7-10H,4-6H2,1-3H3. The number of hydrogen-bond donors (Lipinski definition) is 0. The zero-order valence-corrected chi connectivity index (χ0v) is 12.9. The van der Waals surface area contributed by atoms with Crippen LogP contribution in [0.5, 0.6) is 5.75 Å². The Morgan fingerprint density at radius 3 is 2.40 bits per heavy atom. The molecule has 0 aliphatic carbocycles. The Labute approximate surface area is 125 Å². The van der Waals surface area contributed by atoms with Crippen molar-refractivity contribution in [3.8, 4) is 17.0 Å². The van der Waals surface area contributed by atoms with E-state index in [1.807, 2.05) is 38.1 Å². The molecule has 0 spiro atoms. The minimum absolute atomic E-state index is 0.535. The van der Waals surface area contributed by atoms with Crippen LogP contribution in [0.2, 0.25) is 5.15 Å². The Balaban J connectivity index is 2.40. The van der Waals surface area contributed by atoms with Gasteiger partial charge < -0.3 is 4.74 Å². The number of rotatable bonds is 5. The number of hydrogen-bond acceptors (Lipinski definition) is 3. The van der Waals surface area contributed by atoms with Crippen LogP contribution in [0.4, 0.5) is 0 Å². The van der Waals surface area contributed by atoms with E-state index in [9.17, 15) is 0 Å². The van der Waals surface area contributed by atoms with Gasteiger partial charge in [-0.3, -0.25) is 0 Å². The van der Waals surface area contributed by atoms with Crippen molar-refractivity contribution in [1.29, 1.82) is 0 Å². The Kier molecular flexibility index (Phi) is 4.96. The van der Waals surface area contributed by atoms with E-state index in [0.717, 1.165) is 41.2 Å². The Bertz CT molecular complexity index is 582. The molecule has 20 heavy (non-hydrogen) atoms. The summed E-state index contributed by atoms with van der Waals surface area (Å²) in [6.07, 6.45) is 1.84. The minimum atomic E-state index is 0.535. The predicted molar refractivity (Wildman–Crippen MR) is 82.4 cm³/mol. The molecular formula is C16H19ClN2O. The summed E-state index contributed by atoms with van der Waals surface area (Å²) in [5, 5.41) is 0.535. The first-order chi connectivity index (χ1) is 9.65. The molecule has 0 atom stereocenters. The minimum Gasteiger partial charge on any atom is -0.494 e. The molecule has 0 saturated heterocycles. The first kappa shape index (κ1) is 14.8. The molecule has 0 unspecified atom stereocenters. The highest BCUT2D eigenvalue weighted by atomic mass is 35.5. The fourth-order valence-corrected chi connectivity index (χ4v) is 2.21. The van der Waals surface area contributed by atoms with Crippen molar-refractivity contribution in [3.63, 3.8) is 0 Å². The monoisotopic (exact) mass is 290 g/mol. The second-order valence-corrected chi connectivity index (χ2v) is 4.97. The molecule has 0 N–H and O–H groups in total. The van der Waals surface area contributed by atoms with Crippen molar-refractivity contribution < 1.29 is 4.74 Å². The summed E-state index contributed by atoms with van der Waals surface area (Å²) in [6, 6.07) is 7.92. The molecule has 3 nitrogen and oxygen atoms in total. The molecule has 0 bridgehead atoms. The van der Waals surface area contributed by atoms with Gasteiger partial charge in [0.1, 0.15) is 16.7 Å². The lowest BCUT2D eigenvalue weighted by Crippen LogP contribution is -2.00. The lowest BCUT2D eigenvalue weighted by atomic mass is 10.1. The van der Waals surface area contributed by atoms with Gasteiger partial charge in [-0.25, -0.2) is 9.97 Å². The quantitative estimate of drug-likeness (QED) is 0.763. The maximum absolute atomic E-state index is 6.21. The smallest absolute Gasteiger partial charge is 0.136 e. The summed E-state index contributed by atoms with van der Waals surface area (Å²) in [5.74, 6) is 1.66. The van der Waals surface area contributed by atoms with Crippen LogP contribution in [0.1, 0.15) is 31.7 Å². The molecule has 0 amide bonds. The van der Waals surface area contributed by atoms with E-state index in [0.29, 0.717) is 11.8 Å². The van der Waals surface area contributed by atoms with Crippen LogP contribution < -0.4 is 4.74 Å². The van der Waals surface area contributed by atoms with Gasteiger partial charge in [-0.2, -0.15) is 0 Å². The fraction of sp³-hybridized carbons (Fsp3) is 0.375. The zero-order chi connectivity index (χ0) is 14.5. The Morgan fingerprint density at radius 1 is 1.10 bits per heavy atom. The molecule has 1 aromatic carbocycles. The van der Waals surface area contributed by atoms with E-state index in [1.54, 1.807) is 0 Å². The van der Waals surface area contributed by atoms with Gasteiger partial charge >= 0.3 is 0 Å². The van der Waals surface area contributed by atoms with Gasteiger partial charge in [0, 0.05) is 17.5 Å². The van der Waals surface area contributed by atoms with Crippen LogP contribution >= 0.6 is 11.6 Å². The van der Waals surface area contributed by atoms with Crippen LogP contribution in [0.3, 0.4) is 0 Å². The first-order valence-corrected chi connectivity index (χ1v) is 7.29. The molecule has 4 heteroatoms. The average molecular weight is 291 g/mol. The topological polar surface area (TPSA) is 35.0 Å². The average Bonchev–Trinajstić information content (AvgIpc) is 2.44. The number of aromatic nitrogens is 2. The molecular weight excluding hydrogens is 272 g/mol. The fourth-order valence-electron chi connectivity index (χ4n) is 2.02. The van der Waals surface area contributed by atoms with Crippen LogP contribution in [-0.4, -0.2) is 16.6 Å². The van der Waals surface area contributed by atoms with Crippen LogP contribution in [0, 0.1) is 6.92 Å². The van der Waals surface area contributed by atoms with Crippen LogP contribution in [-0.2, 0) is 6.42 Å². The van der Waals surface area contributed by atoms with Gasteiger partial charge in [-0.15, -0.1) is 0 Å². The van der Waals surface area contributed by atoms with E-state index < -0.39 is 0 Å². The van der Waals surface area contributed by atoms with Gasteiger partial charge in [0.05, 0.1) is 12.3 Å². The second kappa shape index (κ2) is 6.71. The third-order valence-electron chi connectivity index (χ3n) is 3.05. The summed E-state index contributed by atoms with van der Waals surface area (Å²) in [5.41, 5.74) is 2.85. The largest absolute Gasteiger partial charge is 0.494 e. The number of nitrogens with zero attached hydrogens (tertiary/aromatic N) is 2. The summed E-state index contributed by atoms with van der Waals surface area (Å²) < 4.78 is 5.45. The van der Waals surface area contributed by atoms with E-state index in [4.69, 9.17) is 16.3 Å². The molecule has 0 fully saturated rings. The molecule has 1 heterocycles. The predicted octanol–water partition coefficient (Wildman–Crippen LogP) is 4.46. The third kappa shape index (κ3) is 3.28. The van der Waals surface area contributed by atoms with E-state index >= 15 is 0 Å². The highest BCUT2D eigenvalue weighted by molar-refractivity contribution is 6.30. The molecule has 0 aliphatic heterocycles. The number of ether oxygens (including phenoxy) is 1. The van der Waals surface area contributed by atoms with Gasteiger partial charge in [0.25, 0.3) is 0 Å². The van der Waals surface area contributed by atoms with E-state index in [2.05, 4.69) is 16.9 Å². The number of aryl methyl sites for hydroxylation is 1. The second-order valence-electron chi connectivity index (χ2n) is 4.61. The molecule has 1 aromatic heterocycles. The molecule has 0 radical (unpaired) electrons. The summed E-state index contributed by atoms with van der Waals surface area (Å²) >= 11 is 6.21. The maximum atomic E-state index is 6.21. The van der Waals surface area contributed by atoms with Gasteiger partial charge in [-0.1, -0.05) is 18.5 Å². The normalized spacial score (nSPS) is 10.6. The van der Waals surface area contributed by atoms with E-state index in [1.165, 1.54) is 0 Å². The summed E-state index contributed by atoms with van der Waals surface area (Å²) in [4.78, 5) is 8.96. The Hall–Kier alpha value is -1.61. The highest BCUT2D eigenvalue weighted by Gasteiger charge is 2.11. The van der Waals surface area contributed by atoms with Crippen molar-refractivity contribution in [2.75, 3.05) is 6.61 Å². The van der Waals surface area contributed by atoms with Crippen molar-refractivity contribution in [2.24, 2.45) is 0 Å². The molecule has 0 saturated carbocycles. The first-order valence-electron chi connectivity index (χ1n) is 6.92. The van der Waals surface area contributed by atoms with Crippen molar-refractivity contribution >= 4 is 11.6 Å². The van der Waals surface area contributed by atoms with Gasteiger partial charge in [0.2, 0.25) is 0 Å². The van der Waals surface area contributed by atoms with Gasteiger partial charge in [-0.05, 0) is 44.5 Å². The lowest BCUT2D eigenvalue weighted by molar-refractivity contribution is 0.340. The van der Waals surface area contributed by atoms with Crippen LogP contribution in [0.15, 0.2) is 24.3 Å². The van der Waals surface area contributed by atoms with Crippen molar-refractivity contribution in [2.45, 2.75) is 33.6 Å². The van der Waals surface area contributed by atoms with Gasteiger partial charge in [0.15, 0.2) is 0 Å². The third-order valence-corrected chi connectivity index (χ3v) is 3.41. The number of benzene rings is 1. The molecule has 106 valence electrons.